The Labute approximate surface area is 131 Å². The lowest BCUT2D eigenvalue weighted by atomic mass is 10.1. The Morgan fingerprint density at radius 1 is 0.952 bits per heavy atom. The van der Waals surface area contributed by atoms with Crippen molar-refractivity contribution in [3.63, 3.8) is 0 Å². The van der Waals surface area contributed by atoms with Crippen molar-refractivity contribution in [1.29, 1.82) is 10.8 Å². The highest BCUT2D eigenvalue weighted by Crippen LogP contribution is 2.26. The van der Waals surface area contributed by atoms with Crippen LogP contribution in [0.15, 0.2) is 46.9 Å². The van der Waals surface area contributed by atoms with Crippen LogP contribution in [0.25, 0.3) is 0 Å². The lowest BCUT2D eigenvalue weighted by Crippen LogP contribution is -2.11. The normalized spacial score (nSPS) is 10.1. The standard InChI is InChI=1S/C15H15BrN4O/c16-12-7-11(15(19)20)5-6-13(12)21-8-9-1-3-10(4-2-9)14(17)18/h1-7H,8H2,(H3,17,18)(H3,19,20). The molecule has 0 aromatic heterocycles. The van der Waals surface area contributed by atoms with Crippen molar-refractivity contribution in [2.24, 2.45) is 11.5 Å². The number of nitrogens with one attached hydrogen (secondary N) is 2. The maximum absolute atomic E-state index is 7.38. The molecule has 6 N–H and O–H groups in total. The summed E-state index contributed by atoms with van der Waals surface area (Å²) in [6, 6.07) is 12.6. The minimum absolute atomic E-state index is 0.0158. The summed E-state index contributed by atoms with van der Waals surface area (Å²) >= 11 is 3.40. The van der Waals surface area contributed by atoms with Crippen LogP contribution in [-0.4, -0.2) is 11.7 Å². The van der Waals surface area contributed by atoms with Crippen molar-refractivity contribution in [2.75, 3.05) is 0 Å². The molecule has 0 aliphatic carbocycles. The lowest BCUT2D eigenvalue weighted by molar-refractivity contribution is 0.304. The Hall–Kier alpha value is -2.34. The summed E-state index contributed by atoms with van der Waals surface area (Å²) in [6.07, 6.45) is 0. The molecule has 108 valence electrons. The van der Waals surface area contributed by atoms with Gasteiger partial charge in [0.05, 0.1) is 4.47 Å². The number of hydrogen-bond donors (Lipinski definition) is 4. The fraction of sp³-hybridized carbons (Fsp3) is 0.0667. The van der Waals surface area contributed by atoms with E-state index in [1.807, 2.05) is 12.1 Å². The second-order valence-electron chi connectivity index (χ2n) is 4.46. The Morgan fingerprint density at radius 3 is 2.05 bits per heavy atom. The molecule has 6 heteroatoms. The highest BCUT2D eigenvalue weighted by atomic mass is 79.9. The summed E-state index contributed by atoms with van der Waals surface area (Å²) in [6.45, 7) is 0.399. The molecule has 0 saturated carbocycles. The third kappa shape index (κ3) is 3.82. The van der Waals surface area contributed by atoms with Crippen molar-refractivity contribution in [3.8, 4) is 5.75 Å². The Balaban J connectivity index is 2.06. The van der Waals surface area contributed by atoms with Crippen molar-refractivity contribution in [2.45, 2.75) is 6.61 Å². The first-order valence-corrected chi connectivity index (χ1v) is 6.97. The van der Waals surface area contributed by atoms with Crippen LogP contribution in [0.5, 0.6) is 5.75 Å². The number of nitrogen functional groups attached to an aromatic ring is 2. The number of benzene rings is 2. The molecule has 2 rings (SSSR count). The number of nitrogens with two attached hydrogens (primary N) is 2. The van der Waals surface area contributed by atoms with Crippen LogP contribution in [-0.2, 0) is 6.61 Å². The molecule has 0 atom stereocenters. The van der Waals surface area contributed by atoms with E-state index in [1.54, 1.807) is 30.3 Å². The molecule has 2 aromatic rings. The molecular weight excluding hydrogens is 332 g/mol. The minimum Gasteiger partial charge on any atom is -0.488 e. The van der Waals surface area contributed by atoms with E-state index in [1.165, 1.54) is 0 Å². The number of ether oxygens (including phenoxy) is 1. The zero-order chi connectivity index (χ0) is 15.4. The maximum atomic E-state index is 7.38. The quantitative estimate of drug-likeness (QED) is 0.493. The largest absolute Gasteiger partial charge is 0.488 e. The summed E-state index contributed by atoms with van der Waals surface area (Å²) in [7, 11) is 0. The Kier molecular flexibility index (Phi) is 4.59. The van der Waals surface area contributed by atoms with E-state index in [2.05, 4.69) is 15.9 Å². The van der Waals surface area contributed by atoms with Gasteiger partial charge in [-0.3, -0.25) is 10.8 Å². The number of rotatable bonds is 5. The van der Waals surface area contributed by atoms with Crippen LogP contribution in [0.4, 0.5) is 0 Å². The lowest BCUT2D eigenvalue weighted by Gasteiger charge is -2.10. The molecule has 0 amide bonds. The topological polar surface area (TPSA) is 109 Å². The van der Waals surface area contributed by atoms with E-state index >= 15 is 0 Å². The van der Waals surface area contributed by atoms with Gasteiger partial charge in [0, 0.05) is 11.1 Å². The van der Waals surface area contributed by atoms with Crippen molar-refractivity contribution < 1.29 is 4.74 Å². The van der Waals surface area contributed by atoms with Crippen LogP contribution < -0.4 is 16.2 Å². The third-order valence-electron chi connectivity index (χ3n) is 2.90. The molecule has 0 radical (unpaired) electrons. The molecule has 0 bridgehead atoms. The first kappa shape index (κ1) is 15.1. The predicted octanol–water partition coefficient (Wildman–Crippen LogP) is 2.60. The second-order valence-corrected chi connectivity index (χ2v) is 5.31. The smallest absolute Gasteiger partial charge is 0.134 e. The zero-order valence-corrected chi connectivity index (χ0v) is 12.8. The average Bonchev–Trinajstić information content (AvgIpc) is 2.46. The molecule has 2 aromatic carbocycles. The second kappa shape index (κ2) is 6.41. The first-order valence-electron chi connectivity index (χ1n) is 6.17. The molecule has 0 saturated heterocycles. The average molecular weight is 347 g/mol. The van der Waals surface area contributed by atoms with Crippen molar-refractivity contribution in [1.82, 2.24) is 0 Å². The third-order valence-corrected chi connectivity index (χ3v) is 3.52. The molecular formula is C15H15BrN4O. The molecule has 0 spiro atoms. The zero-order valence-electron chi connectivity index (χ0n) is 11.2. The predicted molar refractivity (Wildman–Crippen MR) is 86.9 cm³/mol. The number of hydrogen-bond acceptors (Lipinski definition) is 3. The molecule has 0 heterocycles. The van der Waals surface area contributed by atoms with Crippen molar-refractivity contribution in [3.05, 3.63) is 63.6 Å². The van der Waals surface area contributed by atoms with Gasteiger partial charge in [-0.15, -0.1) is 0 Å². The van der Waals surface area contributed by atoms with Crippen LogP contribution in [0.3, 0.4) is 0 Å². The fourth-order valence-corrected chi connectivity index (χ4v) is 2.22. The highest BCUT2D eigenvalue weighted by Gasteiger charge is 2.05. The highest BCUT2D eigenvalue weighted by molar-refractivity contribution is 9.10. The molecule has 0 aliphatic heterocycles. The first-order chi connectivity index (χ1) is 9.97. The number of halogens is 1. The van der Waals surface area contributed by atoms with Crippen LogP contribution in [0, 0.1) is 10.8 Å². The molecule has 0 unspecified atom stereocenters. The summed E-state index contributed by atoms with van der Waals surface area (Å²) < 4.78 is 6.46. The van der Waals surface area contributed by atoms with E-state index in [0.717, 1.165) is 10.0 Å². The minimum atomic E-state index is 0.0158. The molecule has 0 aliphatic rings. The summed E-state index contributed by atoms with van der Waals surface area (Å²) in [5.74, 6) is 0.739. The van der Waals surface area contributed by atoms with E-state index in [-0.39, 0.29) is 11.7 Å². The van der Waals surface area contributed by atoms with Crippen LogP contribution in [0.2, 0.25) is 0 Å². The fourth-order valence-electron chi connectivity index (χ4n) is 1.73. The van der Waals surface area contributed by atoms with Gasteiger partial charge in [-0.25, -0.2) is 0 Å². The monoisotopic (exact) mass is 346 g/mol. The van der Waals surface area contributed by atoms with Crippen molar-refractivity contribution >= 4 is 27.6 Å². The summed E-state index contributed by atoms with van der Waals surface area (Å²) in [4.78, 5) is 0. The van der Waals surface area contributed by atoms with Gasteiger partial charge in [-0.1, -0.05) is 24.3 Å². The van der Waals surface area contributed by atoms with Gasteiger partial charge in [0.2, 0.25) is 0 Å². The Morgan fingerprint density at radius 2 is 1.52 bits per heavy atom. The Bertz CT molecular complexity index is 683. The van der Waals surface area contributed by atoms with E-state index in [4.69, 9.17) is 27.0 Å². The van der Waals surface area contributed by atoms with Gasteiger partial charge in [0.25, 0.3) is 0 Å². The van der Waals surface area contributed by atoms with Crippen LogP contribution in [0.1, 0.15) is 16.7 Å². The van der Waals surface area contributed by atoms with Gasteiger partial charge in [0.15, 0.2) is 0 Å². The maximum Gasteiger partial charge on any atom is 0.134 e. The summed E-state index contributed by atoms with van der Waals surface area (Å²) in [5, 5.41) is 14.7. The molecule has 5 nitrogen and oxygen atoms in total. The van der Waals surface area contributed by atoms with Gasteiger partial charge >= 0.3 is 0 Å². The molecule has 21 heavy (non-hydrogen) atoms. The van der Waals surface area contributed by atoms with Crippen LogP contribution >= 0.6 is 15.9 Å². The molecule has 0 fully saturated rings. The van der Waals surface area contributed by atoms with Gasteiger partial charge in [0.1, 0.15) is 24.0 Å². The van der Waals surface area contributed by atoms with E-state index in [0.29, 0.717) is 23.5 Å². The summed E-state index contributed by atoms with van der Waals surface area (Å²) in [5.41, 5.74) is 13.1. The van der Waals surface area contributed by atoms with E-state index < -0.39 is 0 Å². The van der Waals surface area contributed by atoms with Gasteiger partial charge < -0.3 is 16.2 Å². The number of amidine groups is 2. The van der Waals surface area contributed by atoms with Gasteiger partial charge in [-0.2, -0.15) is 0 Å². The van der Waals surface area contributed by atoms with Gasteiger partial charge in [-0.05, 0) is 39.7 Å². The SMILES string of the molecule is N=C(N)c1ccc(COc2ccc(C(=N)N)cc2Br)cc1. The van der Waals surface area contributed by atoms with E-state index in [9.17, 15) is 0 Å².